The number of hydrogen-bond donors (Lipinski definition) is 3. The third-order valence-corrected chi connectivity index (χ3v) is 18.3. The van der Waals surface area contributed by atoms with Gasteiger partial charge in [-0.3, -0.25) is 43.2 Å². The van der Waals surface area contributed by atoms with Gasteiger partial charge in [-0.25, -0.2) is 4.79 Å². The van der Waals surface area contributed by atoms with Crippen LogP contribution in [0.5, 0.6) is 0 Å². The molecule has 4 fully saturated rings. The normalized spacial score (nSPS) is 28.2. The number of halogens is 3. The second-order valence-corrected chi connectivity index (χ2v) is 30.0. The predicted octanol–water partition coefficient (Wildman–Crippen LogP) is 6.90. The molecule has 0 aromatic heterocycles. The number of aliphatic hydroxyl groups is 1. The van der Waals surface area contributed by atoms with Crippen LogP contribution in [-0.4, -0.2) is 233 Å². The Morgan fingerprint density at radius 3 is 1.64 bits per heavy atom. The van der Waals surface area contributed by atoms with Crippen molar-refractivity contribution in [1.82, 2.24) is 10.6 Å². The van der Waals surface area contributed by atoms with E-state index in [1.807, 2.05) is 0 Å². The SMILES string of the molecule is C=CCCCO[C@@H]1O[C@H](CO)[C@@H](O[C@@H]2O[C@H](COCc3ccccc3)[C@H](OCc3ccccc3)[C@H](O[C@]3(C(=O)OC)C[C@H](OC(C)=O)[C@@H](NC(=O)CCC(F)(F)F)[C@H]([C@H](OC(C)=O)[C@@H](COC(C)=O)OC(C)=O)O3)[C@H]2OC(C)=O)[C@H](O[C@@H]2O[C@@H](C)[C@@H](OC(=O)C(C)(C)C)[C@@H](OC(=O)C(C)(C)C)[C@@H]2OCc2ccccc2)[C@H]1NC(C)=O. The fourth-order valence-corrected chi connectivity index (χ4v) is 13.0. The first-order valence-corrected chi connectivity index (χ1v) is 37.6. The molecule has 35 heteroatoms. The van der Waals surface area contributed by atoms with Gasteiger partial charge in [0.25, 0.3) is 5.79 Å². The van der Waals surface area contributed by atoms with Crippen LogP contribution in [0.3, 0.4) is 0 Å². The first-order valence-electron chi connectivity index (χ1n) is 37.6. The fraction of sp³-hybridized carbons (Fsp3) is 0.625. The summed E-state index contributed by atoms with van der Waals surface area (Å²) in [7, 11) is 0.843. The van der Waals surface area contributed by atoms with E-state index in [0.717, 1.165) is 48.7 Å². The van der Waals surface area contributed by atoms with Gasteiger partial charge in [0, 0.05) is 48.0 Å². The summed E-state index contributed by atoms with van der Waals surface area (Å²) in [5, 5.41) is 17.1. The molecule has 3 aromatic rings. The van der Waals surface area contributed by atoms with Crippen LogP contribution in [0.2, 0.25) is 0 Å². The summed E-state index contributed by atoms with van der Waals surface area (Å²) in [6.45, 7) is 17.2. The lowest BCUT2D eigenvalue weighted by atomic mass is 9.87. The highest BCUT2D eigenvalue weighted by atomic mass is 19.4. The van der Waals surface area contributed by atoms with Crippen LogP contribution < -0.4 is 10.6 Å². The van der Waals surface area contributed by atoms with Gasteiger partial charge in [-0.15, -0.1) is 6.58 Å². The van der Waals surface area contributed by atoms with Gasteiger partial charge < -0.3 is 106 Å². The number of ether oxygens (including phenoxy) is 19. The van der Waals surface area contributed by atoms with Crippen LogP contribution in [0, 0.1) is 10.8 Å². The van der Waals surface area contributed by atoms with E-state index in [-0.39, 0.29) is 26.4 Å². The average Bonchev–Trinajstić information content (AvgIpc) is 0.739. The number of carbonyl (C=O) groups is 10. The summed E-state index contributed by atoms with van der Waals surface area (Å²) >= 11 is 0. The predicted molar refractivity (Wildman–Crippen MR) is 391 cm³/mol. The summed E-state index contributed by atoms with van der Waals surface area (Å²) < 4.78 is 164. The largest absolute Gasteiger partial charge is 0.465 e. The number of nitrogens with one attached hydrogen (secondary N) is 2. The van der Waals surface area contributed by atoms with E-state index in [1.54, 1.807) is 139 Å². The summed E-state index contributed by atoms with van der Waals surface area (Å²) in [4.78, 5) is 139. The number of rotatable bonds is 37. The molecule has 0 spiro atoms. The highest BCUT2D eigenvalue weighted by Gasteiger charge is 2.65. The molecule has 115 heavy (non-hydrogen) atoms. The Morgan fingerprint density at radius 2 is 1.13 bits per heavy atom. The van der Waals surface area contributed by atoms with Gasteiger partial charge in [-0.2, -0.15) is 13.2 Å². The Kier molecular flexibility index (Phi) is 35.0. The van der Waals surface area contributed by atoms with Crippen LogP contribution in [0.25, 0.3) is 0 Å². The smallest absolute Gasteiger partial charge is 0.389 e. The zero-order valence-electron chi connectivity index (χ0n) is 66.9. The fourth-order valence-electron chi connectivity index (χ4n) is 13.0. The van der Waals surface area contributed by atoms with Crippen LogP contribution >= 0.6 is 0 Å². The van der Waals surface area contributed by atoms with Crippen molar-refractivity contribution in [3.63, 3.8) is 0 Å². The zero-order valence-corrected chi connectivity index (χ0v) is 66.9. The maximum absolute atomic E-state index is 15.6. The molecule has 7 rings (SSSR count). The Balaban J connectivity index is 1.53. The third kappa shape index (κ3) is 27.8. The molecule has 2 amide bonds. The summed E-state index contributed by atoms with van der Waals surface area (Å²) in [6, 6.07) is 22.2. The van der Waals surface area contributed by atoms with Crippen LogP contribution in [-0.2, 0) is 158 Å². The first kappa shape index (κ1) is 93.6. The van der Waals surface area contributed by atoms with Gasteiger partial charge in [0.1, 0.15) is 67.6 Å². The molecule has 638 valence electrons. The maximum atomic E-state index is 15.6. The molecule has 0 unspecified atom stereocenters. The Labute approximate surface area is 665 Å². The third-order valence-electron chi connectivity index (χ3n) is 18.3. The molecular formula is C80H107F3N2O30. The minimum Gasteiger partial charge on any atom is -0.465 e. The molecule has 3 N–H and O–H groups in total. The van der Waals surface area contributed by atoms with Crippen LogP contribution in [0.15, 0.2) is 104 Å². The van der Waals surface area contributed by atoms with E-state index in [2.05, 4.69) is 17.2 Å². The molecule has 4 saturated heterocycles. The van der Waals surface area contributed by atoms with Crippen molar-refractivity contribution in [2.24, 2.45) is 10.8 Å². The molecule has 0 radical (unpaired) electrons. The van der Waals surface area contributed by atoms with E-state index in [9.17, 15) is 61.4 Å². The molecule has 4 aliphatic rings. The van der Waals surface area contributed by atoms with E-state index < -0.39 is 244 Å². The number of methoxy groups -OCH3 is 1. The topological polar surface area (TPSA) is 390 Å². The second kappa shape index (κ2) is 43.0. The Hall–Kier alpha value is -8.59. The number of unbranched alkanes of at least 4 members (excludes halogenated alkanes) is 1. The minimum absolute atomic E-state index is 0.0739. The van der Waals surface area contributed by atoms with Crippen molar-refractivity contribution in [2.75, 3.05) is 33.5 Å². The van der Waals surface area contributed by atoms with Gasteiger partial charge in [0.2, 0.25) is 11.8 Å². The highest BCUT2D eigenvalue weighted by molar-refractivity contribution is 5.80. The Morgan fingerprint density at radius 1 is 0.591 bits per heavy atom. The number of hydrogen-bond acceptors (Lipinski definition) is 30. The monoisotopic (exact) mass is 1630 g/mol. The van der Waals surface area contributed by atoms with E-state index in [4.69, 9.17) is 90.0 Å². The number of carbonyl (C=O) groups excluding carboxylic acids is 10. The minimum atomic E-state index is -4.93. The number of esters is 8. The van der Waals surface area contributed by atoms with E-state index in [0.29, 0.717) is 29.5 Å². The quantitative estimate of drug-likeness (QED) is 0.0229. The lowest BCUT2D eigenvalue weighted by molar-refractivity contribution is -0.395. The Bertz CT molecular complexity index is 3700. The summed E-state index contributed by atoms with van der Waals surface area (Å²) in [6.07, 6.45) is -40.2. The van der Waals surface area contributed by atoms with Crippen molar-refractivity contribution in [3.8, 4) is 0 Å². The standard InChI is InChI=1S/C80H107F3N2O30/c1-16-17-27-36-99-71-60(84-45(3)87)65(111-72-69(102-41-53-32-25-20-26-33-53)67(113-75(95)78(12,13)14)61(44(2)103-72)112-74(94)77(9,10)11)63(55(38-86)108-71)110-73-70(107-50(8)92)68(62(101-40-52-30-23-19-24-31-52)56(109-73)42-98-39-51-28-21-18-22-29-51)115-79(76(96)97-15)37-54(104-47(5)89)59(85-58(93)34-35-80(81,82)83)66(114-79)64(106-49(7)91)57(105-48(6)90)43-100-46(4)88/h16,18-26,28-33,44,54-57,59-73,86H,1,17,27,34-43H2,2-15H3,(H,84,87)(H,85,93)/t44-,54-,55+,56+,57+,59+,60+,61+,62-,63+,64+,65+,66+,67+,68-,69-,70+,71+,72-,73-,79-/m0/s1. The maximum Gasteiger partial charge on any atom is 0.389 e. The van der Waals surface area contributed by atoms with Crippen molar-refractivity contribution in [2.45, 2.75) is 276 Å². The molecule has 32 nitrogen and oxygen atoms in total. The number of alkyl halides is 3. The summed E-state index contributed by atoms with van der Waals surface area (Å²) in [5.74, 6) is -14.2. The average molecular weight is 1630 g/mol. The highest BCUT2D eigenvalue weighted by Crippen LogP contribution is 2.44. The van der Waals surface area contributed by atoms with Gasteiger partial charge in [-0.1, -0.05) is 97.1 Å². The lowest BCUT2D eigenvalue weighted by Gasteiger charge is -2.53. The van der Waals surface area contributed by atoms with E-state index in [1.165, 1.54) is 6.92 Å². The molecular weight excluding hydrogens is 1530 g/mol. The second-order valence-electron chi connectivity index (χ2n) is 30.0. The number of allylic oxidation sites excluding steroid dienone is 1. The van der Waals surface area contributed by atoms with Crippen molar-refractivity contribution in [3.05, 3.63) is 120 Å². The molecule has 0 aliphatic carbocycles. The summed E-state index contributed by atoms with van der Waals surface area (Å²) in [5.41, 5.74) is -0.658. The number of aliphatic hydroxyl groups excluding tert-OH is 1. The molecule has 4 heterocycles. The van der Waals surface area contributed by atoms with Gasteiger partial charge in [0.05, 0.1) is 82.6 Å². The lowest BCUT2D eigenvalue weighted by Crippen LogP contribution is -2.72. The molecule has 0 bridgehead atoms. The van der Waals surface area contributed by atoms with Crippen molar-refractivity contribution >= 4 is 59.6 Å². The molecule has 0 saturated carbocycles. The zero-order chi connectivity index (χ0) is 84.7. The van der Waals surface area contributed by atoms with Gasteiger partial charge in [0.15, 0.2) is 49.4 Å². The number of benzene rings is 3. The molecule has 4 aliphatic heterocycles. The molecule has 3 aromatic carbocycles. The molecule has 21 atom stereocenters. The van der Waals surface area contributed by atoms with Gasteiger partial charge >= 0.3 is 53.9 Å². The van der Waals surface area contributed by atoms with Crippen LogP contribution in [0.1, 0.15) is 139 Å². The van der Waals surface area contributed by atoms with Gasteiger partial charge in [-0.05, 0) is 78.0 Å². The van der Waals surface area contributed by atoms with Crippen molar-refractivity contribution < 1.29 is 156 Å². The first-order chi connectivity index (χ1) is 54.2. The number of amides is 2. The van der Waals surface area contributed by atoms with Crippen LogP contribution in [0.4, 0.5) is 13.2 Å². The van der Waals surface area contributed by atoms with Crippen molar-refractivity contribution in [1.29, 1.82) is 0 Å². The van der Waals surface area contributed by atoms with E-state index >= 15 is 4.79 Å².